The number of hydrogen-bond acceptors (Lipinski definition) is 6. The molecule has 0 aliphatic heterocycles. The molecule has 0 aliphatic rings. The standard InChI is InChI=1S/C27H23Cl2FN6.C2HF3O2/c1-3-14-4-9-22(30)20(10-14)24(23-12-15-11-17(31)6-8-18(15)25(32)33-23)27-34-26(35-36(27)2)19-7-5-16(28)13-21(19)29;3-2(4,5)1(6)7/h4-13,24H,3,31H2,1-2H3,(H2,32,33);(H,6,7). The Labute approximate surface area is 252 Å². The molecule has 0 saturated heterocycles. The number of fused-ring (bicyclic) bond motifs is 1. The molecule has 1 unspecified atom stereocenters. The van der Waals surface area contributed by atoms with Gasteiger partial charge in [-0.2, -0.15) is 18.3 Å². The van der Waals surface area contributed by atoms with Gasteiger partial charge in [0.15, 0.2) is 5.82 Å². The number of carboxylic acid groups (broad SMARTS) is 1. The van der Waals surface area contributed by atoms with Gasteiger partial charge < -0.3 is 16.6 Å². The van der Waals surface area contributed by atoms with Crippen LogP contribution in [0, 0.1) is 5.82 Å². The molecule has 0 saturated carbocycles. The minimum Gasteiger partial charge on any atom is -0.475 e. The van der Waals surface area contributed by atoms with Crippen LogP contribution < -0.4 is 11.5 Å². The number of pyridine rings is 1. The molecule has 3 aromatic carbocycles. The van der Waals surface area contributed by atoms with Crippen LogP contribution in [0.2, 0.25) is 10.0 Å². The zero-order valence-corrected chi connectivity index (χ0v) is 24.1. The molecule has 224 valence electrons. The summed E-state index contributed by atoms with van der Waals surface area (Å²) in [6.07, 6.45) is -4.34. The van der Waals surface area contributed by atoms with Crippen LogP contribution in [0.15, 0.2) is 60.7 Å². The summed E-state index contributed by atoms with van der Waals surface area (Å²) in [6.45, 7) is 2.02. The maximum absolute atomic E-state index is 15.4. The fourth-order valence-corrected chi connectivity index (χ4v) is 4.86. The lowest BCUT2D eigenvalue weighted by atomic mass is 9.91. The highest BCUT2D eigenvalue weighted by Gasteiger charge is 2.38. The second kappa shape index (κ2) is 12.4. The molecule has 2 aromatic heterocycles. The Kier molecular flexibility index (Phi) is 9.12. The van der Waals surface area contributed by atoms with E-state index in [2.05, 4.69) is 10.1 Å². The fourth-order valence-electron chi connectivity index (χ4n) is 4.37. The summed E-state index contributed by atoms with van der Waals surface area (Å²) in [5, 5.41) is 14.2. The SMILES string of the molecule is CCc1ccc(F)c(C(c2cc3cc(N)ccc3c(N)n2)c2nc(-c3ccc(Cl)cc3Cl)nn2C)c1.O=C(O)C(F)(F)F. The topological polar surface area (TPSA) is 133 Å². The number of hydrogen-bond donors (Lipinski definition) is 3. The van der Waals surface area contributed by atoms with Crippen molar-refractivity contribution in [3.05, 3.63) is 99.2 Å². The molecule has 0 fully saturated rings. The van der Waals surface area contributed by atoms with Crippen molar-refractivity contribution < 1.29 is 27.5 Å². The van der Waals surface area contributed by atoms with Crippen molar-refractivity contribution >= 4 is 51.4 Å². The fraction of sp³-hybridized carbons (Fsp3) is 0.172. The van der Waals surface area contributed by atoms with E-state index in [1.165, 1.54) is 6.07 Å². The van der Waals surface area contributed by atoms with Gasteiger partial charge in [-0.3, -0.25) is 4.68 Å². The number of anilines is 2. The molecule has 1 atom stereocenters. The number of aliphatic carboxylic acids is 1. The van der Waals surface area contributed by atoms with E-state index in [1.54, 1.807) is 42.1 Å². The van der Waals surface area contributed by atoms with Crippen molar-refractivity contribution in [2.45, 2.75) is 25.4 Å². The van der Waals surface area contributed by atoms with Gasteiger partial charge in [-0.05, 0) is 65.9 Å². The molecule has 43 heavy (non-hydrogen) atoms. The van der Waals surface area contributed by atoms with Crippen molar-refractivity contribution in [3.63, 3.8) is 0 Å². The number of aryl methyl sites for hydroxylation is 2. The molecule has 8 nitrogen and oxygen atoms in total. The quantitative estimate of drug-likeness (QED) is 0.140. The van der Waals surface area contributed by atoms with E-state index >= 15 is 4.39 Å². The van der Waals surface area contributed by atoms with Crippen LogP contribution in [0.1, 0.15) is 35.5 Å². The maximum Gasteiger partial charge on any atom is 0.490 e. The lowest BCUT2D eigenvalue weighted by molar-refractivity contribution is -0.192. The van der Waals surface area contributed by atoms with E-state index < -0.39 is 18.1 Å². The summed E-state index contributed by atoms with van der Waals surface area (Å²) >= 11 is 12.5. The molecular weight excluding hydrogens is 611 g/mol. The van der Waals surface area contributed by atoms with Gasteiger partial charge >= 0.3 is 12.1 Å². The number of nitrogen functional groups attached to an aromatic ring is 2. The largest absolute Gasteiger partial charge is 0.490 e. The summed E-state index contributed by atoms with van der Waals surface area (Å²) in [6, 6.07) is 17.5. The van der Waals surface area contributed by atoms with E-state index in [1.807, 2.05) is 31.2 Å². The molecule has 5 rings (SSSR count). The van der Waals surface area contributed by atoms with E-state index in [0.29, 0.717) is 50.0 Å². The van der Waals surface area contributed by atoms with Crippen LogP contribution >= 0.6 is 23.2 Å². The number of nitrogens with zero attached hydrogens (tertiary/aromatic N) is 4. The van der Waals surface area contributed by atoms with E-state index in [0.717, 1.165) is 22.8 Å². The minimum atomic E-state index is -5.08. The van der Waals surface area contributed by atoms with Crippen LogP contribution in [-0.2, 0) is 18.3 Å². The number of halogens is 6. The van der Waals surface area contributed by atoms with Gasteiger partial charge in [0, 0.05) is 34.3 Å². The smallest absolute Gasteiger partial charge is 0.475 e. The second-order valence-corrected chi connectivity index (χ2v) is 10.2. The zero-order chi connectivity index (χ0) is 31.6. The van der Waals surface area contributed by atoms with Crippen LogP contribution in [0.25, 0.3) is 22.2 Å². The third-order valence-electron chi connectivity index (χ3n) is 6.45. The third-order valence-corrected chi connectivity index (χ3v) is 7.00. The van der Waals surface area contributed by atoms with E-state index in [4.69, 9.17) is 49.6 Å². The van der Waals surface area contributed by atoms with Crippen LogP contribution in [0.3, 0.4) is 0 Å². The summed E-state index contributed by atoms with van der Waals surface area (Å²) in [7, 11) is 1.76. The van der Waals surface area contributed by atoms with Gasteiger partial charge in [0.2, 0.25) is 0 Å². The van der Waals surface area contributed by atoms with Crippen LogP contribution in [-0.4, -0.2) is 37.0 Å². The predicted molar refractivity (Wildman–Crippen MR) is 157 cm³/mol. The first-order chi connectivity index (χ1) is 20.2. The number of alkyl halides is 3. The molecule has 0 amide bonds. The first-order valence-electron chi connectivity index (χ1n) is 12.6. The molecule has 2 heterocycles. The summed E-state index contributed by atoms with van der Waals surface area (Å²) in [5.74, 6) is -2.63. The highest BCUT2D eigenvalue weighted by atomic mass is 35.5. The van der Waals surface area contributed by atoms with Crippen LogP contribution in [0.4, 0.5) is 29.1 Å². The summed E-state index contributed by atoms with van der Waals surface area (Å²) in [5.41, 5.74) is 15.5. The van der Waals surface area contributed by atoms with Crippen molar-refractivity contribution in [2.24, 2.45) is 7.05 Å². The number of aromatic nitrogens is 4. The molecule has 14 heteroatoms. The Morgan fingerprint density at radius 3 is 2.35 bits per heavy atom. The molecule has 5 N–H and O–H groups in total. The average molecular weight is 635 g/mol. The Hall–Kier alpha value is -4.42. The lowest BCUT2D eigenvalue weighted by Gasteiger charge is -2.19. The molecule has 5 aromatic rings. The molecule has 0 bridgehead atoms. The second-order valence-electron chi connectivity index (χ2n) is 9.40. The van der Waals surface area contributed by atoms with E-state index in [-0.39, 0.29) is 5.82 Å². The van der Waals surface area contributed by atoms with Gasteiger partial charge in [-0.25, -0.2) is 19.2 Å². The lowest BCUT2D eigenvalue weighted by Crippen LogP contribution is -2.21. The average Bonchev–Trinajstić information content (AvgIpc) is 3.30. The van der Waals surface area contributed by atoms with E-state index in [9.17, 15) is 13.2 Å². The zero-order valence-electron chi connectivity index (χ0n) is 22.6. The number of rotatable bonds is 5. The Morgan fingerprint density at radius 2 is 1.72 bits per heavy atom. The summed E-state index contributed by atoms with van der Waals surface area (Å²) < 4.78 is 48.8. The minimum absolute atomic E-state index is 0.322. The van der Waals surface area contributed by atoms with Crippen molar-refractivity contribution in [1.29, 1.82) is 0 Å². The van der Waals surface area contributed by atoms with Gasteiger partial charge in [0.25, 0.3) is 0 Å². The first kappa shape index (κ1) is 31.5. The number of nitrogens with two attached hydrogens (primary N) is 2. The summed E-state index contributed by atoms with van der Waals surface area (Å²) in [4.78, 5) is 18.4. The Morgan fingerprint density at radius 1 is 1.02 bits per heavy atom. The molecule has 0 spiro atoms. The Balaban J connectivity index is 0.000000541. The molecule has 0 radical (unpaired) electrons. The van der Waals surface area contributed by atoms with Crippen molar-refractivity contribution in [1.82, 2.24) is 19.7 Å². The highest BCUT2D eigenvalue weighted by molar-refractivity contribution is 6.36. The van der Waals surface area contributed by atoms with Gasteiger partial charge in [-0.1, -0.05) is 42.3 Å². The normalized spacial score (nSPS) is 12.1. The van der Waals surface area contributed by atoms with Gasteiger partial charge in [0.05, 0.1) is 16.6 Å². The monoisotopic (exact) mass is 634 g/mol. The first-order valence-corrected chi connectivity index (χ1v) is 13.4. The van der Waals surface area contributed by atoms with Gasteiger partial charge in [-0.15, -0.1) is 0 Å². The maximum atomic E-state index is 15.4. The van der Waals surface area contributed by atoms with Crippen molar-refractivity contribution in [2.75, 3.05) is 11.5 Å². The van der Waals surface area contributed by atoms with Gasteiger partial charge in [0.1, 0.15) is 17.5 Å². The molecule has 0 aliphatic carbocycles. The molecular formula is C29H24Cl2F4N6O2. The van der Waals surface area contributed by atoms with Crippen LogP contribution in [0.5, 0.6) is 0 Å². The number of carbonyl (C=O) groups is 1. The van der Waals surface area contributed by atoms with Crippen molar-refractivity contribution in [3.8, 4) is 11.4 Å². The predicted octanol–water partition coefficient (Wildman–Crippen LogP) is 7.02. The Bertz CT molecular complexity index is 1830. The number of carboxylic acids is 1. The number of benzene rings is 3. The third kappa shape index (κ3) is 6.98. The highest BCUT2D eigenvalue weighted by Crippen LogP contribution is 2.37.